The smallest absolute Gasteiger partial charge is 0.0853 e. The van der Waals surface area contributed by atoms with Gasteiger partial charge >= 0.3 is 0 Å². The van der Waals surface area contributed by atoms with Crippen LogP contribution in [0.25, 0.3) is 0 Å². The molecule has 3 N–H and O–H groups in total. The molecule has 0 saturated heterocycles. The van der Waals surface area contributed by atoms with Crippen molar-refractivity contribution in [3.05, 3.63) is 0 Å². The average Bonchev–Trinajstić information content (AvgIpc) is 2.23. The van der Waals surface area contributed by atoms with E-state index in [4.69, 9.17) is 10.6 Å². The maximum Gasteiger partial charge on any atom is 0.0853 e. The minimum Gasteiger partial charge on any atom is -0.374 e. The van der Waals surface area contributed by atoms with Gasteiger partial charge in [0.15, 0.2) is 0 Å². The first-order valence-electron chi connectivity index (χ1n) is 7.32. The van der Waals surface area contributed by atoms with Crippen molar-refractivity contribution < 1.29 is 4.74 Å². The second kappa shape index (κ2) is 5.68. The summed E-state index contributed by atoms with van der Waals surface area (Å²) in [6, 6.07) is 0.360. The van der Waals surface area contributed by atoms with Crippen LogP contribution in [0.4, 0.5) is 0 Å². The van der Waals surface area contributed by atoms with Crippen LogP contribution in [-0.2, 0) is 4.74 Å². The summed E-state index contributed by atoms with van der Waals surface area (Å²) < 4.78 is 6.21. The molecule has 0 bridgehead atoms. The Balaban J connectivity index is 2.11. The molecular weight excluding hydrogens is 212 g/mol. The maximum atomic E-state index is 6.21. The fourth-order valence-corrected chi connectivity index (χ4v) is 3.83. The predicted molar refractivity (Wildman–Crippen MR) is 70.4 cm³/mol. The highest BCUT2D eigenvalue weighted by Gasteiger charge is 2.46. The van der Waals surface area contributed by atoms with E-state index < -0.39 is 0 Å². The quantitative estimate of drug-likeness (QED) is 0.573. The minimum atomic E-state index is 0.00620. The summed E-state index contributed by atoms with van der Waals surface area (Å²) >= 11 is 0. The lowest BCUT2D eigenvalue weighted by Gasteiger charge is -2.49. The first-order valence-corrected chi connectivity index (χ1v) is 7.32. The number of rotatable bonds is 5. The minimum absolute atomic E-state index is 0.00620. The van der Waals surface area contributed by atoms with Gasteiger partial charge in [-0.3, -0.25) is 11.3 Å². The van der Waals surface area contributed by atoms with Crippen LogP contribution in [-0.4, -0.2) is 18.2 Å². The van der Waals surface area contributed by atoms with Crippen molar-refractivity contribution in [3.8, 4) is 0 Å². The third kappa shape index (κ3) is 2.67. The highest BCUT2D eigenvalue weighted by molar-refractivity contribution is 5.01. The molecule has 0 spiro atoms. The molecule has 2 fully saturated rings. The molecule has 3 unspecified atom stereocenters. The van der Waals surface area contributed by atoms with E-state index in [1.807, 2.05) is 0 Å². The van der Waals surface area contributed by atoms with Crippen LogP contribution in [0.1, 0.15) is 58.8 Å². The number of ether oxygens (including phenoxy) is 1. The first-order chi connectivity index (χ1) is 8.22. The van der Waals surface area contributed by atoms with Gasteiger partial charge in [0, 0.05) is 6.61 Å². The van der Waals surface area contributed by atoms with Gasteiger partial charge in [0.05, 0.1) is 11.6 Å². The molecule has 2 aliphatic rings. The van der Waals surface area contributed by atoms with Crippen molar-refractivity contribution in [2.45, 2.75) is 70.4 Å². The Morgan fingerprint density at radius 1 is 1.35 bits per heavy atom. The van der Waals surface area contributed by atoms with E-state index in [2.05, 4.69) is 19.3 Å². The Hall–Kier alpha value is -0.120. The maximum absolute atomic E-state index is 6.21. The summed E-state index contributed by atoms with van der Waals surface area (Å²) in [4.78, 5) is 0. The normalized spacial score (nSPS) is 36.5. The van der Waals surface area contributed by atoms with Gasteiger partial charge in [-0.1, -0.05) is 26.2 Å². The van der Waals surface area contributed by atoms with Crippen molar-refractivity contribution >= 4 is 0 Å². The molecule has 0 aromatic heterocycles. The van der Waals surface area contributed by atoms with Gasteiger partial charge in [0.25, 0.3) is 0 Å². The molecule has 0 radical (unpaired) electrons. The predicted octanol–water partition coefficient (Wildman–Crippen LogP) is 2.60. The van der Waals surface area contributed by atoms with Crippen LogP contribution in [0, 0.1) is 11.8 Å². The molecule has 17 heavy (non-hydrogen) atoms. The summed E-state index contributed by atoms with van der Waals surface area (Å²) in [6.45, 7) is 5.26. The fraction of sp³-hybridized carbons (Fsp3) is 1.00. The van der Waals surface area contributed by atoms with E-state index in [-0.39, 0.29) is 5.60 Å². The largest absolute Gasteiger partial charge is 0.374 e. The summed E-state index contributed by atoms with van der Waals surface area (Å²) in [5.41, 5.74) is 3.10. The third-order valence-corrected chi connectivity index (χ3v) is 4.79. The van der Waals surface area contributed by atoms with E-state index >= 15 is 0 Å². The molecule has 3 heteroatoms. The highest BCUT2D eigenvalue weighted by Crippen LogP contribution is 2.43. The van der Waals surface area contributed by atoms with Crippen LogP contribution in [0.3, 0.4) is 0 Å². The number of hydrazine groups is 1. The summed E-state index contributed by atoms with van der Waals surface area (Å²) in [6.07, 6.45) is 8.97. The summed E-state index contributed by atoms with van der Waals surface area (Å²) in [5.74, 6) is 7.35. The van der Waals surface area contributed by atoms with Gasteiger partial charge in [-0.25, -0.2) is 0 Å². The van der Waals surface area contributed by atoms with Crippen molar-refractivity contribution in [2.75, 3.05) is 6.61 Å². The van der Waals surface area contributed by atoms with Crippen LogP contribution in [0.2, 0.25) is 0 Å². The molecule has 100 valence electrons. The molecule has 3 nitrogen and oxygen atoms in total. The van der Waals surface area contributed by atoms with Gasteiger partial charge in [0.1, 0.15) is 0 Å². The molecule has 0 amide bonds. The molecule has 0 aromatic carbocycles. The van der Waals surface area contributed by atoms with Crippen molar-refractivity contribution in [1.82, 2.24) is 5.43 Å². The molecule has 0 aromatic rings. The first kappa shape index (κ1) is 13.3. The zero-order chi connectivity index (χ0) is 12.3. The summed E-state index contributed by atoms with van der Waals surface area (Å²) in [5, 5.41) is 0. The molecule has 2 saturated carbocycles. The fourth-order valence-electron chi connectivity index (χ4n) is 3.83. The number of hydrogen-bond donors (Lipinski definition) is 2. The second-order valence-corrected chi connectivity index (χ2v) is 6.03. The van der Waals surface area contributed by atoms with E-state index in [1.165, 1.54) is 44.9 Å². The van der Waals surface area contributed by atoms with Crippen LogP contribution < -0.4 is 11.3 Å². The number of hydrogen-bond acceptors (Lipinski definition) is 3. The molecule has 2 rings (SSSR count). The van der Waals surface area contributed by atoms with Gasteiger partial charge in [-0.05, 0) is 44.4 Å². The zero-order valence-electron chi connectivity index (χ0n) is 11.4. The monoisotopic (exact) mass is 240 g/mol. The third-order valence-electron chi connectivity index (χ3n) is 4.79. The molecule has 0 heterocycles. The van der Waals surface area contributed by atoms with Crippen molar-refractivity contribution in [3.63, 3.8) is 0 Å². The Labute approximate surface area is 105 Å². The van der Waals surface area contributed by atoms with Crippen LogP contribution in [0.5, 0.6) is 0 Å². The Morgan fingerprint density at radius 3 is 2.59 bits per heavy atom. The average molecular weight is 240 g/mol. The Kier molecular flexibility index (Phi) is 4.45. The topological polar surface area (TPSA) is 47.3 Å². The van der Waals surface area contributed by atoms with Crippen LogP contribution in [0.15, 0.2) is 0 Å². The number of nitrogens with two attached hydrogens (primary N) is 1. The van der Waals surface area contributed by atoms with Crippen LogP contribution >= 0.6 is 0 Å². The van der Waals surface area contributed by atoms with E-state index in [0.29, 0.717) is 6.04 Å². The Bertz CT molecular complexity index is 238. The molecule has 3 atom stereocenters. The highest BCUT2D eigenvalue weighted by atomic mass is 16.5. The van der Waals surface area contributed by atoms with Crippen molar-refractivity contribution in [1.29, 1.82) is 0 Å². The Morgan fingerprint density at radius 2 is 2.12 bits per heavy atom. The zero-order valence-corrected chi connectivity index (χ0v) is 11.4. The number of nitrogens with one attached hydrogen (secondary N) is 1. The standard InChI is InChI=1S/C14H28N2O/c1-3-17-14(9-5-6-11(2)10-14)13(16-15)12-7-4-8-12/h11-13,16H,3-10,15H2,1-2H3. The van der Waals surface area contributed by atoms with Gasteiger partial charge in [0.2, 0.25) is 0 Å². The van der Waals surface area contributed by atoms with Crippen molar-refractivity contribution in [2.24, 2.45) is 17.7 Å². The van der Waals surface area contributed by atoms with E-state index in [1.54, 1.807) is 0 Å². The van der Waals surface area contributed by atoms with E-state index in [0.717, 1.165) is 18.4 Å². The summed E-state index contributed by atoms with van der Waals surface area (Å²) in [7, 11) is 0. The second-order valence-electron chi connectivity index (χ2n) is 6.03. The molecular formula is C14H28N2O. The lowest BCUT2D eigenvalue weighted by Crippen LogP contribution is -2.61. The van der Waals surface area contributed by atoms with Gasteiger partial charge < -0.3 is 4.74 Å². The van der Waals surface area contributed by atoms with E-state index in [9.17, 15) is 0 Å². The molecule has 0 aliphatic heterocycles. The lowest BCUT2D eigenvalue weighted by atomic mass is 9.66. The van der Waals surface area contributed by atoms with Gasteiger partial charge in [-0.15, -0.1) is 0 Å². The molecule has 2 aliphatic carbocycles. The lowest BCUT2D eigenvalue weighted by molar-refractivity contribution is -0.119. The van der Waals surface area contributed by atoms with Gasteiger partial charge in [-0.2, -0.15) is 0 Å². The SMILES string of the molecule is CCOC1(C(NN)C2CCC2)CCCC(C)C1.